The Balaban J connectivity index is 1.64. The van der Waals surface area contributed by atoms with E-state index in [9.17, 15) is 9.59 Å². The van der Waals surface area contributed by atoms with Crippen LogP contribution in [0.25, 0.3) is 10.8 Å². The highest BCUT2D eigenvalue weighted by atomic mass is 32.1. The molecule has 3 aromatic rings. The summed E-state index contributed by atoms with van der Waals surface area (Å²) in [7, 11) is 0. The van der Waals surface area contributed by atoms with Crippen molar-refractivity contribution in [1.82, 2.24) is 15.1 Å². The lowest BCUT2D eigenvalue weighted by Crippen LogP contribution is -2.39. The molecule has 6 heteroatoms. The molecule has 1 aliphatic heterocycles. The number of nitrogens with one attached hydrogen (secondary N) is 1. The summed E-state index contributed by atoms with van der Waals surface area (Å²) in [5.74, 6) is 0.0454. The Hall–Kier alpha value is -2.47. The van der Waals surface area contributed by atoms with Crippen LogP contribution in [0.15, 0.2) is 40.5 Å². The number of rotatable bonds is 2. The van der Waals surface area contributed by atoms with Gasteiger partial charge in [0.15, 0.2) is 0 Å². The number of aromatic amines is 1. The van der Waals surface area contributed by atoms with E-state index >= 15 is 0 Å². The Morgan fingerprint density at radius 2 is 2.12 bits per heavy atom. The van der Waals surface area contributed by atoms with Crippen LogP contribution in [0.1, 0.15) is 29.1 Å². The largest absolute Gasteiger partial charge is 0.335 e. The van der Waals surface area contributed by atoms with E-state index in [0.29, 0.717) is 11.1 Å². The molecule has 0 bridgehead atoms. The first-order valence-electron chi connectivity index (χ1n) is 7.97. The van der Waals surface area contributed by atoms with Gasteiger partial charge in [0, 0.05) is 16.8 Å². The van der Waals surface area contributed by atoms with Crippen LogP contribution in [0, 0.1) is 0 Å². The minimum Gasteiger partial charge on any atom is -0.335 e. The molecule has 1 unspecified atom stereocenters. The van der Waals surface area contributed by atoms with Crippen molar-refractivity contribution < 1.29 is 4.79 Å². The number of amides is 1. The van der Waals surface area contributed by atoms with Crippen molar-refractivity contribution in [3.8, 4) is 0 Å². The predicted octanol–water partition coefficient (Wildman–Crippen LogP) is 2.67. The van der Waals surface area contributed by atoms with Gasteiger partial charge >= 0.3 is 0 Å². The lowest BCUT2D eigenvalue weighted by atomic mass is 10.0. The fourth-order valence-corrected chi connectivity index (χ4v) is 4.36. The number of carbonyl (C=O) groups excluding carboxylic acids is 1. The first kappa shape index (κ1) is 15.1. The molecule has 122 valence electrons. The van der Waals surface area contributed by atoms with Gasteiger partial charge in [-0.3, -0.25) is 9.59 Å². The second-order valence-electron chi connectivity index (χ2n) is 6.03. The number of fused-ring (bicyclic) bond motifs is 2. The molecule has 24 heavy (non-hydrogen) atoms. The number of benzene rings is 1. The highest BCUT2D eigenvalue weighted by Crippen LogP contribution is 2.33. The molecule has 0 saturated carbocycles. The van der Waals surface area contributed by atoms with Gasteiger partial charge in [-0.25, -0.2) is 5.10 Å². The van der Waals surface area contributed by atoms with Gasteiger partial charge < -0.3 is 4.90 Å². The summed E-state index contributed by atoms with van der Waals surface area (Å²) >= 11 is 1.76. The van der Waals surface area contributed by atoms with Crippen LogP contribution in [-0.4, -0.2) is 27.5 Å². The molecular weight excluding hydrogens is 322 g/mol. The quantitative estimate of drug-likeness (QED) is 0.780. The number of aromatic nitrogens is 2. The molecule has 1 aliphatic rings. The van der Waals surface area contributed by atoms with Gasteiger partial charge in [-0.1, -0.05) is 18.2 Å². The van der Waals surface area contributed by atoms with Gasteiger partial charge in [-0.2, -0.15) is 5.10 Å². The Labute approximate surface area is 142 Å². The topological polar surface area (TPSA) is 66.1 Å². The van der Waals surface area contributed by atoms with Crippen molar-refractivity contribution in [2.45, 2.75) is 25.8 Å². The molecule has 0 saturated heterocycles. The molecule has 2 aromatic heterocycles. The smallest absolute Gasteiger partial charge is 0.272 e. The van der Waals surface area contributed by atoms with Crippen molar-refractivity contribution in [2.75, 3.05) is 6.54 Å². The summed E-state index contributed by atoms with van der Waals surface area (Å²) < 4.78 is 0. The molecule has 0 radical (unpaired) electrons. The lowest BCUT2D eigenvalue weighted by molar-refractivity contribution is -0.133. The van der Waals surface area contributed by atoms with Crippen LogP contribution in [0.2, 0.25) is 0 Å². The van der Waals surface area contributed by atoms with E-state index in [1.807, 2.05) is 23.1 Å². The normalized spacial score (nSPS) is 17.0. The maximum atomic E-state index is 12.8. The van der Waals surface area contributed by atoms with Gasteiger partial charge in [0.2, 0.25) is 5.91 Å². The summed E-state index contributed by atoms with van der Waals surface area (Å²) in [5.41, 5.74) is 1.65. The van der Waals surface area contributed by atoms with Crippen LogP contribution in [-0.2, 0) is 17.6 Å². The Bertz CT molecular complexity index is 976. The number of thiophene rings is 1. The maximum Gasteiger partial charge on any atom is 0.272 e. The summed E-state index contributed by atoms with van der Waals surface area (Å²) in [6, 6.07) is 9.47. The van der Waals surface area contributed by atoms with E-state index in [0.717, 1.165) is 18.4 Å². The highest BCUT2D eigenvalue weighted by molar-refractivity contribution is 7.10. The number of hydrogen-bond acceptors (Lipinski definition) is 4. The van der Waals surface area contributed by atoms with Gasteiger partial charge in [-0.05, 0) is 36.4 Å². The van der Waals surface area contributed by atoms with Crippen LogP contribution in [0.5, 0.6) is 0 Å². The van der Waals surface area contributed by atoms with Crippen molar-refractivity contribution in [3.05, 3.63) is 62.2 Å². The van der Waals surface area contributed by atoms with E-state index < -0.39 is 0 Å². The molecular formula is C18H17N3O2S. The summed E-state index contributed by atoms with van der Waals surface area (Å²) in [6.07, 6.45) is 1.10. The van der Waals surface area contributed by atoms with Gasteiger partial charge in [0.1, 0.15) is 0 Å². The van der Waals surface area contributed by atoms with Crippen molar-refractivity contribution in [1.29, 1.82) is 0 Å². The molecule has 4 rings (SSSR count). The zero-order valence-electron chi connectivity index (χ0n) is 13.3. The van der Waals surface area contributed by atoms with Crippen molar-refractivity contribution in [3.63, 3.8) is 0 Å². The Morgan fingerprint density at radius 3 is 2.96 bits per heavy atom. The van der Waals surface area contributed by atoms with Crippen LogP contribution in [0.4, 0.5) is 0 Å². The number of H-pyrrole nitrogens is 1. The highest BCUT2D eigenvalue weighted by Gasteiger charge is 2.28. The van der Waals surface area contributed by atoms with Crippen LogP contribution < -0.4 is 5.56 Å². The Kier molecular flexibility index (Phi) is 3.69. The van der Waals surface area contributed by atoms with Gasteiger partial charge in [-0.15, -0.1) is 11.3 Å². The third-order valence-electron chi connectivity index (χ3n) is 4.69. The van der Waals surface area contributed by atoms with Gasteiger partial charge in [0.05, 0.1) is 23.5 Å². The van der Waals surface area contributed by atoms with E-state index in [1.165, 1.54) is 10.4 Å². The fourth-order valence-electron chi connectivity index (χ4n) is 3.40. The third kappa shape index (κ3) is 2.43. The predicted molar refractivity (Wildman–Crippen MR) is 94.2 cm³/mol. The number of carbonyl (C=O) groups is 1. The zero-order valence-corrected chi connectivity index (χ0v) is 14.1. The molecule has 1 aromatic carbocycles. The summed E-state index contributed by atoms with van der Waals surface area (Å²) in [6.45, 7) is 2.80. The van der Waals surface area contributed by atoms with E-state index in [-0.39, 0.29) is 23.9 Å². The number of hydrogen-bond donors (Lipinski definition) is 1. The Morgan fingerprint density at radius 1 is 1.33 bits per heavy atom. The average Bonchev–Trinajstić information content (AvgIpc) is 3.07. The molecule has 0 aliphatic carbocycles. The number of nitrogens with zero attached hydrogens (tertiary/aromatic N) is 2. The van der Waals surface area contributed by atoms with Crippen molar-refractivity contribution in [2.24, 2.45) is 0 Å². The minimum absolute atomic E-state index is 0.0454. The average molecular weight is 339 g/mol. The molecule has 0 spiro atoms. The molecule has 1 atom stereocenters. The summed E-state index contributed by atoms with van der Waals surface area (Å²) in [4.78, 5) is 28.0. The molecule has 3 heterocycles. The molecule has 1 amide bonds. The zero-order chi connectivity index (χ0) is 16.7. The second kappa shape index (κ2) is 5.87. The maximum absolute atomic E-state index is 12.8. The van der Waals surface area contributed by atoms with Crippen LogP contribution in [0.3, 0.4) is 0 Å². The van der Waals surface area contributed by atoms with E-state index in [2.05, 4.69) is 28.6 Å². The summed E-state index contributed by atoms with van der Waals surface area (Å²) in [5, 5.41) is 10.0. The third-order valence-corrected chi connectivity index (χ3v) is 5.69. The van der Waals surface area contributed by atoms with Crippen molar-refractivity contribution >= 4 is 28.0 Å². The molecule has 5 nitrogen and oxygen atoms in total. The van der Waals surface area contributed by atoms with Crippen LogP contribution >= 0.6 is 11.3 Å². The minimum atomic E-state index is -0.226. The lowest BCUT2D eigenvalue weighted by Gasteiger charge is -2.33. The fraction of sp³-hybridized carbons (Fsp3) is 0.278. The molecule has 0 fully saturated rings. The van der Waals surface area contributed by atoms with E-state index in [4.69, 9.17) is 0 Å². The first-order valence-corrected chi connectivity index (χ1v) is 8.85. The monoisotopic (exact) mass is 339 g/mol. The second-order valence-corrected chi connectivity index (χ2v) is 7.03. The van der Waals surface area contributed by atoms with E-state index in [1.54, 1.807) is 17.4 Å². The van der Waals surface area contributed by atoms with Gasteiger partial charge in [0.25, 0.3) is 5.56 Å². The standard InChI is InChI=1S/C18H17N3O2S/c1-11-12-7-9-24-16(12)6-8-21(11)17(22)10-15-13-4-2-3-5-14(13)18(23)20-19-15/h2-5,7,9,11H,6,8,10H2,1H3,(H,20,23). The molecule has 1 N–H and O–H groups in total. The SMILES string of the molecule is CC1c2ccsc2CCN1C(=O)Cc1n[nH]c(=O)c2ccccc12. The first-order chi connectivity index (χ1) is 11.6.